The Morgan fingerprint density at radius 2 is 1.82 bits per heavy atom. The molecule has 0 spiro atoms. The van der Waals surface area contributed by atoms with Gasteiger partial charge in [0.05, 0.1) is 17.4 Å². The zero-order chi connectivity index (χ0) is 25.3. The average molecular weight is 487 g/mol. The van der Waals surface area contributed by atoms with Crippen LogP contribution in [0.4, 0.5) is 10.5 Å². The lowest BCUT2D eigenvalue weighted by atomic mass is 9.70. The van der Waals surface area contributed by atoms with Gasteiger partial charge in [0.2, 0.25) is 5.91 Å². The van der Waals surface area contributed by atoms with Gasteiger partial charge in [-0.3, -0.25) is 9.59 Å². The fourth-order valence-corrected chi connectivity index (χ4v) is 4.19. The molecule has 9 heteroatoms. The van der Waals surface area contributed by atoms with E-state index < -0.39 is 23.0 Å². The Hall–Kier alpha value is -3.13. The topological polar surface area (TPSA) is 101 Å². The number of anilines is 1. The third kappa shape index (κ3) is 5.17. The third-order valence-electron chi connectivity index (χ3n) is 5.70. The predicted molar refractivity (Wildman–Crippen MR) is 131 cm³/mol. The molecule has 1 aromatic carbocycles. The van der Waals surface area contributed by atoms with Crippen LogP contribution in [0.1, 0.15) is 62.0 Å². The molecule has 0 aliphatic carbocycles. The van der Waals surface area contributed by atoms with Crippen molar-refractivity contribution in [2.45, 2.75) is 51.6 Å². The zero-order valence-electron chi connectivity index (χ0n) is 20.4. The Kier molecular flexibility index (Phi) is 7.21. The number of hydrogen-bond acceptors (Lipinski definition) is 5. The summed E-state index contributed by atoms with van der Waals surface area (Å²) in [7, 11) is 1.49. The molecule has 0 bridgehead atoms. The minimum atomic E-state index is -1.02. The number of halogens is 1. The summed E-state index contributed by atoms with van der Waals surface area (Å²) in [4.78, 5) is 44.4. The fourth-order valence-electron chi connectivity index (χ4n) is 4.03. The molecule has 0 unspecified atom stereocenters. The lowest BCUT2D eigenvalue weighted by Gasteiger charge is -2.49. The molecular weight excluding hydrogens is 456 g/mol. The van der Waals surface area contributed by atoms with Crippen molar-refractivity contribution in [3.63, 3.8) is 0 Å². The van der Waals surface area contributed by atoms with E-state index in [0.717, 1.165) is 11.1 Å². The summed E-state index contributed by atoms with van der Waals surface area (Å²) in [5, 5.41) is 5.55. The molecule has 3 rings (SSSR count). The van der Waals surface area contributed by atoms with E-state index in [1.165, 1.54) is 24.2 Å². The van der Waals surface area contributed by atoms with Crippen molar-refractivity contribution in [3.8, 4) is 0 Å². The number of hydrogen-bond donors (Lipinski definition) is 2. The van der Waals surface area contributed by atoms with Gasteiger partial charge in [0.1, 0.15) is 16.2 Å². The number of rotatable bonds is 5. The van der Waals surface area contributed by atoms with E-state index in [0.29, 0.717) is 0 Å². The fraction of sp³-hybridized carbons (Fsp3) is 0.440. The summed E-state index contributed by atoms with van der Waals surface area (Å²) in [6, 6.07) is 9.12. The molecule has 1 aliphatic heterocycles. The number of pyridine rings is 1. The Bertz CT molecular complexity index is 1100. The second kappa shape index (κ2) is 9.62. The van der Waals surface area contributed by atoms with Crippen LogP contribution >= 0.6 is 11.6 Å². The highest BCUT2D eigenvalue weighted by Gasteiger charge is 2.54. The molecule has 2 aromatic rings. The minimum Gasteiger partial charge on any atom is -0.444 e. The van der Waals surface area contributed by atoms with E-state index in [4.69, 9.17) is 16.3 Å². The number of likely N-dealkylation sites (tertiary alicyclic amines) is 1. The Morgan fingerprint density at radius 1 is 1.18 bits per heavy atom. The van der Waals surface area contributed by atoms with Crippen molar-refractivity contribution in [3.05, 3.63) is 58.4 Å². The predicted octanol–water partition coefficient (Wildman–Crippen LogP) is 4.35. The minimum absolute atomic E-state index is 0.135. The summed E-state index contributed by atoms with van der Waals surface area (Å²) in [6.07, 6.45) is 0.883. The highest BCUT2D eigenvalue weighted by atomic mass is 35.5. The Morgan fingerprint density at radius 3 is 2.41 bits per heavy atom. The highest BCUT2D eigenvalue weighted by Crippen LogP contribution is 2.40. The first-order chi connectivity index (χ1) is 15.9. The first-order valence-electron chi connectivity index (χ1n) is 11.1. The first-order valence-corrected chi connectivity index (χ1v) is 11.5. The monoisotopic (exact) mass is 486 g/mol. The van der Waals surface area contributed by atoms with Crippen LogP contribution in [0.5, 0.6) is 0 Å². The van der Waals surface area contributed by atoms with Crippen LogP contribution in [-0.4, -0.2) is 53.5 Å². The van der Waals surface area contributed by atoms with E-state index >= 15 is 0 Å². The second-order valence-corrected chi connectivity index (χ2v) is 10.1. The maximum absolute atomic E-state index is 13.8. The third-order valence-corrected chi connectivity index (χ3v) is 5.90. The quantitative estimate of drug-likeness (QED) is 0.612. The largest absolute Gasteiger partial charge is 0.444 e. The molecule has 1 saturated heterocycles. The van der Waals surface area contributed by atoms with Gasteiger partial charge in [0.25, 0.3) is 5.91 Å². The van der Waals surface area contributed by atoms with Crippen molar-refractivity contribution in [2.24, 2.45) is 0 Å². The van der Waals surface area contributed by atoms with Crippen molar-refractivity contribution in [2.75, 3.05) is 25.5 Å². The summed E-state index contributed by atoms with van der Waals surface area (Å²) in [5.41, 5.74) is 0.632. The number of nitrogens with zero attached hydrogens (tertiary/aromatic N) is 2. The van der Waals surface area contributed by atoms with Gasteiger partial charge in [0.15, 0.2) is 0 Å². The SMILES string of the molecule is CNC(=O)c1cc(Cl)ncc1NC(=O)C1(c2ccccc2C(C)C)CN(C(=O)OC(C)(C)C)C1. The van der Waals surface area contributed by atoms with E-state index in [9.17, 15) is 14.4 Å². The standard InChI is InChI=1S/C25H31ClN4O4/c1-15(2)16-9-7-8-10-18(16)25(13-30(14-25)23(33)34-24(3,4)5)22(32)29-19-12-28-20(26)11-17(19)21(31)27-6/h7-12,15H,13-14H2,1-6H3,(H,27,31)(H,29,32). The summed E-state index contributed by atoms with van der Waals surface area (Å²) in [5.74, 6) is -0.579. The van der Waals surface area contributed by atoms with Crippen LogP contribution in [-0.2, 0) is 14.9 Å². The van der Waals surface area contributed by atoms with Crippen LogP contribution in [0.15, 0.2) is 36.5 Å². The molecule has 8 nitrogen and oxygen atoms in total. The van der Waals surface area contributed by atoms with Crippen molar-refractivity contribution in [1.82, 2.24) is 15.2 Å². The molecule has 34 heavy (non-hydrogen) atoms. The average Bonchev–Trinajstić information content (AvgIpc) is 2.72. The van der Waals surface area contributed by atoms with Gasteiger partial charge in [-0.05, 0) is 43.9 Å². The Balaban J connectivity index is 2.00. The van der Waals surface area contributed by atoms with Crippen LogP contribution in [0.2, 0.25) is 5.15 Å². The normalized spacial score (nSPS) is 14.9. The second-order valence-electron chi connectivity index (χ2n) is 9.75. The molecule has 1 fully saturated rings. The molecule has 182 valence electrons. The number of ether oxygens (including phenoxy) is 1. The van der Waals surface area contributed by atoms with Crippen LogP contribution in [0.3, 0.4) is 0 Å². The maximum Gasteiger partial charge on any atom is 0.410 e. The zero-order valence-corrected chi connectivity index (χ0v) is 21.1. The summed E-state index contributed by atoms with van der Waals surface area (Å²) < 4.78 is 5.50. The number of amides is 3. The van der Waals surface area contributed by atoms with Crippen molar-refractivity contribution < 1.29 is 19.1 Å². The highest BCUT2D eigenvalue weighted by molar-refractivity contribution is 6.30. The van der Waals surface area contributed by atoms with Gasteiger partial charge in [-0.25, -0.2) is 9.78 Å². The van der Waals surface area contributed by atoms with Crippen LogP contribution in [0, 0.1) is 0 Å². The van der Waals surface area contributed by atoms with Gasteiger partial charge in [-0.15, -0.1) is 0 Å². The molecule has 1 aliphatic rings. The first kappa shape index (κ1) is 25.5. The molecule has 0 atom stereocenters. The van der Waals surface area contributed by atoms with Crippen molar-refractivity contribution >= 4 is 35.2 Å². The van der Waals surface area contributed by atoms with E-state index in [2.05, 4.69) is 29.5 Å². The summed E-state index contributed by atoms with van der Waals surface area (Å²) >= 11 is 5.98. The Labute approximate surface area is 205 Å². The number of aromatic nitrogens is 1. The van der Waals surface area contributed by atoms with Gasteiger partial charge in [0, 0.05) is 20.1 Å². The molecule has 0 saturated carbocycles. The molecular formula is C25H31ClN4O4. The molecule has 2 N–H and O–H groups in total. The number of carbonyl (C=O) groups excluding carboxylic acids is 3. The van der Waals surface area contributed by atoms with Crippen LogP contribution < -0.4 is 10.6 Å². The van der Waals surface area contributed by atoms with Gasteiger partial charge in [-0.2, -0.15) is 0 Å². The van der Waals surface area contributed by atoms with E-state index in [1.807, 2.05) is 24.3 Å². The van der Waals surface area contributed by atoms with Crippen molar-refractivity contribution in [1.29, 1.82) is 0 Å². The van der Waals surface area contributed by atoms with Gasteiger partial charge < -0.3 is 20.3 Å². The smallest absolute Gasteiger partial charge is 0.410 e. The number of benzene rings is 1. The number of nitrogens with one attached hydrogen (secondary N) is 2. The lowest BCUT2D eigenvalue weighted by molar-refractivity contribution is -0.127. The number of carbonyl (C=O) groups is 3. The van der Waals surface area contributed by atoms with Crippen LogP contribution in [0.25, 0.3) is 0 Å². The summed E-state index contributed by atoms with van der Waals surface area (Å²) in [6.45, 7) is 9.80. The molecule has 2 heterocycles. The maximum atomic E-state index is 13.8. The van der Waals surface area contributed by atoms with E-state index in [-0.39, 0.29) is 41.3 Å². The molecule has 3 amide bonds. The van der Waals surface area contributed by atoms with Gasteiger partial charge in [-0.1, -0.05) is 49.7 Å². The molecule has 1 aromatic heterocycles. The van der Waals surface area contributed by atoms with E-state index in [1.54, 1.807) is 20.8 Å². The molecule has 0 radical (unpaired) electrons. The lowest BCUT2D eigenvalue weighted by Crippen LogP contribution is -2.67. The van der Waals surface area contributed by atoms with Gasteiger partial charge >= 0.3 is 6.09 Å².